The van der Waals surface area contributed by atoms with Crippen molar-refractivity contribution in [1.29, 1.82) is 0 Å². The lowest BCUT2D eigenvalue weighted by Crippen LogP contribution is -2.38. The highest BCUT2D eigenvalue weighted by Gasteiger charge is 2.49. The van der Waals surface area contributed by atoms with Crippen molar-refractivity contribution in [1.82, 2.24) is 0 Å². The standard InChI is InChI=1S/C28H22O3/c1-17-9-7-15-23(25(17)29)28(24-16-8-10-18(2)26(24)30)21-13-5-3-11-19(21)27(31)20-12-4-6-14-22(20)28/h3-16,29-30H,1-2H3. The summed E-state index contributed by atoms with van der Waals surface area (Å²) in [6.45, 7) is 3.71. The minimum Gasteiger partial charge on any atom is -0.507 e. The minimum atomic E-state index is -1.05. The van der Waals surface area contributed by atoms with Crippen LogP contribution in [0, 0.1) is 13.8 Å². The van der Waals surface area contributed by atoms with Crippen molar-refractivity contribution < 1.29 is 15.0 Å². The number of carbonyl (C=O) groups is 1. The van der Waals surface area contributed by atoms with Gasteiger partial charge in [0.25, 0.3) is 0 Å². The van der Waals surface area contributed by atoms with Gasteiger partial charge in [0.2, 0.25) is 0 Å². The normalized spacial score (nSPS) is 14.1. The van der Waals surface area contributed by atoms with E-state index in [1.165, 1.54) is 0 Å². The Morgan fingerprint density at radius 2 is 0.935 bits per heavy atom. The number of aromatic hydroxyl groups is 2. The van der Waals surface area contributed by atoms with Crippen LogP contribution in [-0.4, -0.2) is 16.0 Å². The zero-order chi connectivity index (χ0) is 21.8. The molecule has 0 heterocycles. The average molecular weight is 406 g/mol. The second-order valence-electron chi connectivity index (χ2n) is 8.11. The van der Waals surface area contributed by atoms with Crippen LogP contribution in [0.25, 0.3) is 0 Å². The molecule has 0 amide bonds. The van der Waals surface area contributed by atoms with E-state index < -0.39 is 5.41 Å². The maximum atomic E-state index is 13.4. The van der Waals surface area contributed by atoms with Crippen molar-refractivity contribution in [3.63, 3.8) is 0 Å². The average Bonchev–Trinajstić information content (AvgIpc) is 2.79. The molecule has 31 heavy (non-hydrogen) atoms. The molecule has 3 nitrogen and oxygen atoms in total. The Morgan fingerprint density at radius 3 is 1.39 bits per heavy atom. The number of fused-ring (bicyclic) bond motifs is 2. The Morgan fingerprint density at radius 1 is 0.548 bits per heavy atom. The van der Waals surface area contributed by atoms with Gasteiger partial charge in [-0.05, 0) is 36.1 Å². The highest BCUT2D eigenvalue weighted by molar-refractivity contribution is 6.14. The van der Waals surface area contributed by atoms with Gasteiger partial charge in [-0.15, -0.1) is 0 Å². The second kappa shape index (κ2) is 6.85. The lowest BCUT2D eigenvalue weighted by Gasteiger charge is -2.42. The van der Waals surface area contributed by atoms with Gasteiger partial charge >= 0.3 is 0 Å². The molecule has 0 aromatic heterocycles. The Bertz CT molecular complexity index is 1250. The second-order valence-corrected chi connectivity index (χ2v) is 8.11. The van der Waals surface area contributed by atoms with Gasteiger partial charge in [-0.1, -0.05) is 84.9 Å². The molecule has 0 unspecified atom stereocenters. The molecule has 1 aliphatic carbocycles. The number of carbonyl (C=O) groups excluding carboxylic acids is 1. The quantitative estimate of drug-likeness (QED) is 0.399. The van der Waals surface area contributed by atoms with Crippen LogP contribution in [0.3, 0.4) is 0 Å². The summed E-state index contributed by atoms with van der Waals surface area (Å²) >= 11 is 0. The molecular formula is C28H22O3. The first-order valence-corrected chi connectivity index (χ1v) is 10.3. The first kappa shape index (κ1) is 19.1. The van der Waals surface area contributed by atoms with E-state index in [-0.39, 0.29) is 17.3 Å². The van der Waals surface area contributed by atoms with Gasteiger partial charge < -0.3 is 10.2 Å². The molecule has 1 aliphatic rings. The molecule has 4 aromatic rings. The Balaban J connectivity index is 2.07. The zero-order valence-electron chi connectivity index (χ0n) is 17.4. The number of ketones is 1. The lowest BCUT2D eigenvalue weighted by atomic mass is 9.58. The van der Waals surface area contributed by atoms with Crippen molar-refractivity contribution >= 4 is 5.78 Å². The summed E-state index contributed by atoms with van der Waals surface area (Å²) < 4.78 is 0. The zero-order valence-corrected chi connectivity index (χ0v) is 17.4. The van der Waals surface area contributed by atoms with Crippen LogP contribution in [0.4, 0.5) is 0 Å². The SMILES string of the molecule is Cc1cccc(C2(c3cccc(C)c3O)c3ccccc3C(=O)c3ccccc32)c1O. The van der Waals surface area contributed by atoms with Crippen LogP contribution in [0.5, 0.6) is 11.5 Å². The highest BCUT2D eigenvalue weighted by atomic mass is 16.3. The third-order valence-corrected chi connectivity index (χ3v) is 6.43. The van der Waals surface area contributed by atoms with Crippen molar-refractivity contribution in [2.24, 2.45) is 0 Å². The van der Waals surface area contributed by atoms with Gasteiger partial charge in [-0.2, -0.15) is 0 Å². The summed E-state index contributed by atoms with van der Waals surface area (Å²) in [5.74, 6) is 0.255. The number of rotatable bonds is 2. The molecule has 0 bridgehead atoms. The molecule has 0 aliphatic heterocycles. The molecule has 0 spiro atoms. The number of aryl methyl sites for hydroxylation is 2. The van der Waals surface area contributed by atoms with Crippen molar-refractivity contribution in [2.75, 3.05) is 0 Å². The Kier molecular flexibility index (Phi) is 4.23. The third-order valence-electron chi connectivity index (χ3n) is 6.43. The molecular weight excluding hydrogens is 384 g/mol. The maximum absolute atomic E-state index is 13.4. The van der Waals surface area contributed by atoms with Crippen LogP contribution in [0.2, 0.25) is 0 Å². The van der Waals surface area contributed by atoms with E-state index in [0.717, 1.165) is 22.3 Å². The molecule has 0 saturated heterocycles. The molecule has 5 rings (SSSR count). The smallest absolute Gasteiger partial charge is 0.193 e. The van der Waals surface area contributed by atoms with Gasteiger partial charge in [0.15, 0.2) is 5.78 Å². The number of phenols is 2. The first-order valence-electron chi connectivity index (χ1n) is 10.3. The monoisotopic (exact) mass is 406 g/mol. The van der Waals surface area contributed by atoms with E-state index in [4.69, 9.17) is 0 Å². The van der Waals surface area contributed by atoms with E-state index in [2.05, 4.69) is 0 Å². The summed E-state index contributed by atoms with van der Waals surface area (Å²) in [5, 5.41) is 22.6. The number of phenolic OH excluding ortho intramolecular Hbond substituents is 2. The van der Waals surface area contributed by atoms with Crippen LogP contribution < -0.4 is 0 Å². The van der Waals surface area contributed by atoms with Crippen LogP contribution in [0.15, 0.2) is 84.9 Å². The van der Waals surface area contributed by atoms with E-state index >= 15 is 0 Å². The van der Waals surface area contributed by atoms with Crippen molar-refractivity contribution in [2.45, 2.75) is 19.3 Å². The number of hydrogen-bond donors (Lipinski definition) is 2. The molecule has 4 aromatic carbocycles. The fourth-order valence-corrected chi connectivity index (χ4v) is 4.95. The largest absolute Gasteiger partial charge is 0.507 e. The summed E-state index contributed by atoms with van der Waals surface area (Å²) in [6.07, 6.45) is 0. The van der Waals surface area contributed by atoms with Gasteiger partial charge in [0, 0.05) is 22.3 Å². The molecule has 0 atom stereocenters. The summed E-state index contributed by atoms with van der Waals surface area (Å²) in [4.78, 5) is 13.4. The number of benzene rings is 4. The first-order chi connectivity index (χ1) is 15.0. The van der Waals surface area contributed by atoms with Crippen molar-refractivity contribution in [3.05, 3.63) is 129 Å². The number of hydrogen-bond acceptors (Lipinski definition) is 3. The van der Waals surface area contributed by atoms with Gasteiger partial charge in [0.05, 0.1) is 5.41 Å². The molecule has 0 fully saturated rings. The van der Waals surface area contributed by atoms with E-state index in [1.807, 2.05) is 98.8 Å². The lowest BCUT2D eigenvalue weighted by molar-refractivity contribution is 0.103. The van der Waals surface area contributed by atoms with Crippen LogP contribution >= 0.6 is 0 Å². The molecule has 152 valence electrons. The fourth-order valence-electron chi connectivity index (χ4n) is 4.95. The van der Waals surface area contributed by atoms with Crippen LogP contribution in [0.1, 0.15) is 49.3 Å². The molecule has 3 heteroatoms. The summed E-state index contributed by atoms with van der Waals surface area (Å²) in [5.41, 5.74) is 4.34. The van der Waals surface area contributed by atoms with E-state index in [0.29, 0.717) is 22.3 Å². The minimum absolute atomic E-state index is 0.0545. The van der Waals surface area contributed by atoms with E-state index in [9.17, 15) is 15.0 Å². The molecule has 0 radical (unpaired) electrons. The summed E-state index contributed by atoms with van der Waals surface area (Å²) in [6, 6.07) is 26.3. The highest BCUT2D eigenvalue weighted by Crippen LogP contribution is 2.55. The van der Waals surface area contributed by atoms with Crippen molar-refractivity contribution in [3.8, 4) is 11.5 Å². The number of para-hydroxylation sites is 2. The topological polar surface area (TPSA) is 57.5 Å². The molecule has 0 saturated carbocycles. The van der Waals surface area contributed by atoms with Gasteiger partial charge in [-0.3, -0.25) is 4.79 Å². The third kappa shape index (κ3) is 2.50. The van der Waals surface area contributed by atoms with Crippen LogP contribution in [-0.2, 0) is 5.41 Å². The summed E-state index contributed by atoms with van der Waals surface area (Å²) in [7, 11) is 0. The Labute approximate surface area is 181 Å². The predicted molar refractivity (Wildman–Crippen MR) is 121 cm³/mol. The maximum Gasteiger partial charge on any atom is 0.193 e. The van der Waals surface area contributed by atoms with Gasteiger partial charge in [0.1, 0.15) is 11.5 Å². The molecule has 2 N–H and O–H groups in total. The van der Waals surface area contributed by atoms with Gasteiger partial charge in [-0.25, -0.2) is 0 Å². The fraction of sp³-hybridized carbons (Fsp3) is 0.107. The Hall–Kier alpha value is -3.85. The van der Waals surface area contributed by atoms with E-state index in [1.54, 1.807) is 0 Å². The predicted octanol–water partition coefficient (Wildman–Crippen LogP) is 5.64.